The van der Waals surface area contributed by atoms with Crippen molar-refractivity contribution >= 4 is 21.4 Å². The van der Waals surface area contributed by atoms with Crippen molar-refractivity contribution in [2.75, 3.05) is 18.2 Å². The van der Waals surface area contributed by atoms with Gasteiger partial charge in [0.05, 0.1) is 17.3 Å². The molecule has 0 saturated heterocycles. The minimum absolute atomic E-state index is 0.0925. The zero-order valence-corrected chi connectivity index (χ0v) is 14.6. The summed E-state index contributed by atoms with van der Waals surface area (Å²) in [5, 5.41) is 2.71. The predicted octanol–water partition coefficient (Wildman–Crippen LogP) is 2.94. The van der Waals surface area contributed by atoms with E-state index < -0.39 is 9.84 Å². The zero-order chi connectivity index (χ0) is 17.6. The molecule has 0 bridgehead atoms. The summed E-state index contributed by atoms with van der Waals surface area (Å²) in [6.07, 6.45) is -0.0925. The number of benzene rings is 2. The van der Waals surface area contributed by atoms with E-state index in [1.807, 2.05) is 19.1 Å². The molecule has 0 aromatic heterocycles. The summed E-state index contributed by atoms with van der Waals surface area (Å²) in [6, 6.07) is 13.9. The van der Waals surface area contributed by atoms with Crippen LogP contribution in [0.1, 0.15) is 17.5 Å². The van der Waals surface area contributed by atoms with E-state index in [-0.39, 0.29) is 23.0 Å². The second-order valence-electron chi connectivity index (χ2n) is 5.56. The minimum atomic E-state index is -3.46. The van der Waals surface area contributed by atoms with Gasteiger partial charge in [-0.25, -0.2) is 8.42 Å². The lowest BCUT2D eigenvalue weighted by molar-refractivity contribution is -0.115. The van der Waals surface area contributed by atoms with Gasteiger partial charge in [-0.3, -0.25) is 4.79 Å². The summed E-state index contributed by atoms with van der Waals surface area (Å²) in [7, 11) is -1.86. The number of amides is 1. The number of methoxy groups -OCH3 is 1. The number of nitrogens with one attached hydrogen (secondary N) is 1. The molecule has 1 amide bonds. The van der Waals surface area contributed by atoms with Crippen molar-refractivity contribution in [3.8, 4) is 0 Å². The lowest BCUT2D eigenvalue weighted by Crippen LogP contribution is -2.17. The maximum absolute atomic E-state index is 12.2. The van der Waals surface area contributed by atoms with E-state index in [0.717, 1.165) is 11.1 Å². The van der Waals surface area contributed by atoms with Crippen LogP contribution in [-0.2, 0) is 26.0 Å². The van der Waals surface area contributed by atoms with Crippen molar-refractivity contribution in [1.82, 2.24) is 0 Å². The van der Waals surface area contributed by atoms with Gasteiger partial charge in [0.25, 0.3) is 0 Å². The first-order chi connectivity index (χ1) is 11.4. The van der Waals surface area contributed by atoms with Gasteiger partial charge in [-0.15, -0.1) is 0 Å². The molecule has 0 aliphatic rings. The van der Waals surface area contributed by atoms with Gasteiger partial charge in [0, 0.05) is 19.2 Å². The molecule has 0 heterocycles. The van der Waals surface area contributed by atoms with E-state index in [1.165, 1.54) is 0 Å². The third kappa shape index (κ3) is 5.18. The lowest BCUT2D eigenvalue weighted by atomic mass is 10.2. The average molecular weight is 347 g/mol. The first-order valence-corrected chi connectivity index (χ1v) is 9.23. The fourth-order valence-corrected chi connectivity index (χ4v) is 3.46. The number of sulfone groups is 1. The standard InChI is InChI=1S/C18H21NO4S/c1-14-6-8-17(9-7-14)24(21,22)11-10-18(20)19-16-5-3-4-15(12-16)13-23-2/h3-9,12H,10-11,13H2,1-2H3,(H,19,20). The molecular weight excluding hydrogens is 326 g/mol. The third-order valence-corrected chi connectivity index (χ3v) is 5.23. The van der Waals surface area contributed by atoms with Crippen LogP contribution in [0.15, 0.2) is 53.4 Å². The first-order valence-electron chi connectivity index (χ1n) is 7.58. The summed E-state index contributed by atoms with van der Waals surface area (Å²) in [5.74, 6) is -0.556. The SMILES string of the molecule is COCc1cccc(NC(=O)CCS(=O)(=O)c2ccc(C)cc2)c1. The molecule has 128 valence electrons. The van der Waals surface area contributed by atoms with E-state index in [2.05, 4.69) is 5.32 Å². The second kappa shape index (κ2) is 8.08. The molecule has 0 saturated carbocycles. The predicted molar refractivity (Wildman–Crippen MR) is 93.6 cm³/mol. The molecule has 6 heteroatoms. The number of carbonyl (C=O) groups excluding carboxylic acids is 1. The van der Waals surface area contributed by atoms with E-state index in [0.29, 0.717) is 12.3 Å². The fourth-order valence-electron chi connectivity index (χ4n) is 2.22. The van der Waals surface area contributed by atoms with Crippen LogP contribution in [-0.4, -0.2) is 27.2 Å². The highest BCUT2D eigenvalue weighted by Gasteiger charge is 2.16. The Bertz CT molecular complexity index is 798. The summed E-state index contributed by atoms with van der Waals surface area (Å²) in [5.41, 5.74) is 2.55. The van der Waals surface area contributed by atoms with E-state index in [1.54, 1.807) is 43.5 Å². The van der Waals surface area contributed by atoms with Gasteiger partial charge in [0.15, 0.2) is 9.84 Å². The Balaban J connectivity index is 1.95. The van der Waals surface area contributed by atoms with E-state index in [4.69, 9.17) is 4.74 Å². The van der Waals surface area contributed by atoms with Crippen molar-refractivity contribution in [1.29, 1.82) is 0 Å². The van der Waals surface area contributed by atoms with Gasteiger partial charge in [-0.2, -0.15) is 0 Å². The van der Waals surface area contributed by atoms with Crippen LogP contribution in [0.2, 0.25) is 0 Å². The number of ether oxygens (including phenoxy) is 1. The average Bonchev–Trinajstić information content (AvgIpc) is 2.54. The molecule has 1 N–H and O–H groups in total. The molecule has 24 heavy (non-hydrogen) atoms. The summed E-state index contributed by atoms with van der Waals surface area (Å²) in [6.45, 7) is 2.34. The molecule has 2 rings (SSSR count). The molecule has 2 aromatic carbocycles. The fraction of sp³-hybridized carbons (Fsp3) is 0.278. The normalized spacial score (nSPS) is 11.2. The first kappa shape index (κ1) is 18.2. The highest BCUT2D eigenvalue weighted by Crippen LogP contribution is 2.15. The van der Waals surface area contributed by atoms with Crippen molar-refractivity contribution in [2.24, 2.45) is 0 Å². The van der Waals surface area contributed by atoms with Crippen LogP contribution >= 0.6 is 0 Å². The Morgan fingerprint density at radius 1 is 1.12 bits per heavy atom. The number of anilines is 1. The number of aryl methyl sites for hydroxylation is 1. The van der Waals surface area contributed by atoms with Gasteiger partial charge < -0.3 is 10.1 Å². The van der Waals surface area contributed by atoms with Crippen LogP contribution < -0.4 is 5.32 Å². The quantitative estimate of drug-likeness (QED) is 0.836. The van der Waals surface area contributed by atoms with Gasteiger partial charge in [-0.05, 0) is 36.8 Å². The Kier molecular flexibility index (Phi) is 6.11. The molecule has 0 unspecified atom stereocenters. The highest BCUT2D eigenvalue weighted by atomic mass is 32.2. The molecular formula is C18H21NO4S. The smallest absolute Gasteiger partial charge is 0.225 e. The topological polar surface area (TPSA) is 72.5 Å². The molecule has 5 nitrogen and oxygen atoms in total. The Morgan fingerprint density at radius 2 is 1.83 bits per heavy atom. The molecule has 0 fully saturated rings. The Labute approximate surface area is 142 Å². The van der Waals surface area contributed by atoms with Crippen molar-refractivity contribution < 1.29 is 17.9 Å². The van der Waals surface area contributed by atoms with Gasteiger partial charge in [-0.1, -0.05) is 29.8 Å². The second-order valence-corrected chi connectivity index (χ2v) is 7.67. The molecule has 0 radical (unpaired) electrons. The number of hydrogen-bond acceptors (Lipinski definition) is 4. The van der Waals surface area contributed by atoms with Crippen molar-refractivity contribution in [3.63, 3.8) is 0 Å². The van der Waals surface area contributed by atoms with Crippen LogP contribution in [0, 0.1) is 6.92 Å². The zero-order valence-electron chi connectivity index (χ0n) is 13.8. The van der Waals surface area contributed by atoms with Crippen LogP contribution in [0.3, 0.4) is 0 Å². The Hall–Kier alpha value is -2.18. The highest BCUT2D eigenvalue weighted by molar-refractivity contribution is 7.91. The summed E-state index contributed by atoms with van der Waals surface area (Å²) < 4.78 is 29.5. The summed E-state index contributed by atoms with van der Waals surface area (Å²) in [4.78, 5) is 12.2. The number of carbonyl (C=O) groups is 1. The monoisotopic (exact) mass is 347 g/mol. The Morgan fingerprint density at radius 3 is 2.50 bits per heavy atom. The van der Waals surface area contributed by atoms with Gasteiger partial charge >= 0.3 is 0 Å². The molecule has 0 spiro atoms. The largest absolute Gasteiger partial charge is 0.380 e. The van der Waals surface area contributed by atoms with Crippen molar-refractivity contribution in [3.05, 3.63) is 59.7 Å². The van der Waals surface area contributed by atoms with E-state index in [9.17, 15) is 13.2 Å². The summed E-state index contributed by atoms with van der Waals surface area (Å²) >= 11 is 0. The van der Waals surface area contributed by atoms with Gasteiger partial charge in [0.1, 0.15) is 0 Å². The van der Waals surface area contributed by atoms with E-state index >= 15 is 0 Å². The number of hydrogen-bond donors (Lipinski definition) is 1. The van der Waals surface area contributed by atoms with Crippen LogP contribution in [0.25, 0.3) is 0 Å². The maximum atomic E-state index is 12.2. The lowest BCUT2D eigenvalue weighted by Gasteiger charge is -2.08. The minimum Gasteiger partial charge on any atom is -0.380 e. The molecule has 0 aliphatic carbocycles. The number of rotatable bonds is 7. The molecule has 0 atom stereocenters. The van der Waals surface area contributed by atoms with Gasteiger partial charge in [0.2, 0.25) is 5.91 Å². The van der Waals surface area contributed by atoms with Crippen LogP contribution in [0.5, 0.6) is 0 Å². The molecule has 0 aliphatic heterocycles. The van der Waals surface area contributed by atoms with Crippen molar-refractivity contribution in [2.45, 2.75) is 24.8 Å². The maximum Gasteiger partial charge on any atom is 0.225 e. The molecule has 2 aromatic rings. The third-order valence-electron chi connectivity index (χ3n) is 3.50. The van der Waals surface area contributed by atoms with Crippen LogP contribution in [0.4, 0.5) is 5.69 Å².